The van der Waals surface area contributed by atoms with Gasteiger partial charge in [-0.25, -0.2) is 9.97 Å². The number of hydrogen-bond acceptors (Lipinski definition) is 4. The second-order valence-corrected chi connectivity index (χ2v) is 4.65. The van der Waals surface area contributed by atoms with Crippen molar-refractivity contribution in [2.75, 3.05) is 14.2 Å². The first-order chi connectivity index (χ1) is 9.62. The van der Waals surface area contributed by atoms with Crippen LogP contribution in [0.5, 0.6) is 11.5 Å². The molecule has 2 aromatic rings. The Hall–Kier alpha value is -1.81. The molecule has 106 valence electrons. The Morgan fingerprint density at radius 1 is 1.10 bits per heavy atom. The molecule has 0 aliphatic heterocycles. The van der Waals surface area contributed by atoms with E-state index in [1.54, 1.807) is 14.2 Å². The van der Waals surface area contributed by atoms with E-state index in [1.165, 1.54) is 0 Å². The monoisotopic (exact) mass is 292 g/mol. The molecule has 0 aliphatic rings. The lowest BCUT2D eigenvalue weighted by Crippen LogP contribution is -2.02. The molecule has 5 heteroatoms. The molecule has 0 bridgehead atoms. The van der Waals surface area contributed by atoms with Gasteiger partial charge in [-0.15, -0.1) is 0 Å². The minimum atomic E-state index is 0.458. The predicted molar refractivity (Wildman–Crippen MR) is 79.7 cm³/mol. The van der Waals surface area contributed by atoms with Crippen molar-refractivity contribution in [1.82, 2.24) is 9.97 Å². The quantitative estimate of drug-likeness (QED) is 0.806. The second kappa shape index (κ2) is 6.09. The molecule has 0 saturated carbocycles. The molecule has 2 rings (SSSR count). The predicted octanol–water partition coefficient (Wildman–Crippen LogP) is 3.69. The molecular formula is C15H17ClN2O2. The van der Waals surface area contributed by atoms with Crippen molar-refractivity contribution in [3.63, 3.8) is 0 Å². The average Bonchev–Trinajstić information content (AvgIpc) is 2.49. The van der Waals surface area contributed by atoms with Gasteiger partial charge in [0.15, 0.2) is 0 Å². The van der Waals surface area contributed by atoms with Gasteiger partial charge in [0, 0.05) is 12.0 Å². The van der Waals surface area contributed by atoms with Crippen molar-refractivity contribution < 1.29 is 9.47 Å². The SMILES string of the molecule is CCc1nc(Cl)c(C)c(-c2c(OC)cccc2OC)n1. The van der Waals surface area contributed by atoms with E-state index in [9.17, 15) is 0 Å². The lowest BCUT2D eigenvalue weighted by molar-refractivity contribution is 0.397. The molecule has 20 heavy (non-hydrogen) atoms. The summed E-state index contributed by atoms with van der Waals surface area (Å²) in [6.07, 6.45) is 0.713. The van der Waals surface area contributed by atoms with Gasteiger partial charge in [0.1, 0.15) is 22.5 Å². The first-order valence-corrected chi connectivity index (χ1v) is 6.74. The number of aryl methyl sites for hydroxylation is 1. The van der Waals surface area contributed by atoms with Crippen LogP contribution in [0, 0.1) is 6.92 Å². The van der Waals surface area contributed by atoms with Crippen molar-refractivity contribution in [3.8, 4) is 22.8 Å². The molecule has 0 radical (unpaired) electrons. The van der Waals surface area contributed by atoms with E-state index in [0.717, 1.165) is 16.8 Å². The Labute approximate surface area is 123 Å². The summed E-state index contributed by atoms with van der Waals surface area (Å²) in [6, 6.07) is 5.62. The first-order valence-electron chi connectivity index (χ1n) is 6.36. The zero-order chi connectivity index (χ0) is 14.7. The minimum absolute atomic E-state index is 0.458. The fraction of sp³-hybridized carbons (Fsp3) is 0.333. The smallest absolute Gasteiger partial charge is 0.136 e. The Morgan fingerprint density at radius 3 is 2.20 bits per heavy atom. The summed E-state index contributed by atoms with van der Waals surface area (Å²) < 4.78 is 10.9. The summed E-state index contributed by atoms with van der Waals surface area (Å²) in [7, 11) is 3.24. The highest BCUT2D eigenvalue weighted by atomic mass is 35.5. The largest absolute Gasteiger partial charge is 0.496 e. The van der Waals surface area contributed by atoms with Crippen molar-refractivity contribution in [2.24, 2.45) is 0 Å². The summed E-state index contributed by atoms with van der Waals surface area (Å²) in [6.45, 7) is 3.88. The van der Waals surface area contributed by atoms with E-state index >= 15 is 0 Å². The zero-order valence-corrected chi connectivity index (χ0v) is 12.8. The number of nitrogens with zero attached hydrogens (tertiary/aromatic N) is 2. The third-order valence-corrected chi connectivity index (χ3v) is 3.48. The number of benzene rings is 1. The average molecular weight is 293 g/mol. The minimum Gasteiger partial charge on any atom is -0.496 e. The van der Waals surface area contributed by atoms with Crippen LogP contribution in [0.15, 0.2) is 18.2 Å². The molecule has 4 nitrogen and oxygen atoms in total. The molecule has 0 fully saturated rings. The summed E-state index contributed by atoms with van der Waals surface area (Å²) in [5.74, 6) is 2.09. The lowest BCUT2D eigenvalue weighted by Gasteiger charge is -2.15. The molecule has 1 heterocycles. The fourth-order valence-corrected chi connectivity index (χ4v) is 2.21. The van der Waals surface area contributed by atoms with Crippen LogP contribution in [-0.4, -0.2) is 24.2 Å². The summed E-state index contributed by atoms with van der Waals surface area (Å²) in [5, 5.41) is 0.458. The van der Waals surface area contributed by atoms with Crippen molar-refractivity contribution in [2.45, 2.75) is 20.3 Å². The Balaban J connectivity index is 2.76. The maximum absolute atomic E-state index is 6.21. The van der Waals surface area contributed by atoms with E-state index in [0.29, 0.717) is 28.9 Å². The van der Waals surface area contributed by atoms with Gasteiger partial charge in [-0.1, -0.05) is 24.6 Å². The molecule has 0 atom stereocenters. The number of halogens is 1. The molecule has 0 saturated heterocycles. The highest BCUT2D eigenvalue weighted by Crippen LogP contribution is 2.39. The van der Waals surface area contributed by atoms with Crippen molar-refractivity contribution in [3.05, 3.63) is 34.7 Å². The zero-order valence-electron chi connectivity index (χ0n) is 12.0. The van der Waals surface area contributed by atoms with Gasteiger partial charge in [-0.2, -0.15) is 0 Å². The van der Waals surface area contributed by atoms with Crippen molar-refractivity contribution >= 4 is 11.6 Å². The summed E-state index contributed by atoms with van der Waals surface area (Å²) in [4.78, 5) is 8.84. The van der Waals surface area contributed by atoms with Crippen molar-refractivity contribution in [1.29, 1.82) is 0 Å². The molecule has 0 amide bonds. The van der Waals surface area contributed by atoms with Crippen LogP contribution >= 0.6 is 11.6 Å². The topological polar surface area (TPSA) is 44.2 Å². The van der Waals surface area contributed by atoms with Gasteiger partial charge in [0.2, 0.25) is 0 Å². The Bertz CT molecular complexity index is 607. The number of hydrogen-bond donors (Lipinski definition) is 0. The third-order valence-electron chi connectivity index (χ3n) is 3.11. The maximum Gasteiger partial charge on any atom is 0.136 e. The molecular weight excluding hydrogens is 276 g/mol. The van der Waals surface area contributed by atoms with Gasteiger partial charge in [0.25, 0.3) is 0 Å². The fourth-order valence-electron chi connectivity index (χ4n) is 2.02. The Morgan fingerprint density at radius 2 is 1.70 bits per heavy atom. The molecule has 1 aromatic heterocycles. The van der Waals surface area contributed by atoms with E-state index in [2.05, 4.69) is 9.97 Å². The van der Waals surface area contributed by atoms with Crippen LogP contribution in [0.25, 0.3) is 11.3 Å². The van der Waals surface area contributed by atoms with Crippen LogP contribution in [0.3, 0.4) is 0 Å². The third kappa shape index (κ3) is 2.56. The highest BCUT2D eigenvalue weighted by molar-refractivity contribution is 6.30. The number of aromatic nitrogens is 2. The normalized spacial score (nSPS) is 10.4. The summed E-state index contributed by atoms with van der Waals surface area (Å²) in [5.41, 5.74) is 2.36. The second-order valence-electron chi connectivity index (χ2n) is 4.30. The highest BCUT2D eigenvalue weighted by Gasteiger charge is 2.18. The standard InChI is InChI=1S/C15H17ClN2O2/c1-5-12-17-14(9(2)15(16)18-12)13-10(19-3)7-6-8-11(13)20-4/h6-8H,5H2,1-4H3. The number of ether oxygens (including phenoxy) is 2. The summed E-state index contributed by atoms with van der Waals surface area (Å²) >= 11 is 6.21. The van der Waals surface area contributed by atoms with Crippen LogP contribution in [0.2, 0.25) is 5.15 Å². The van der Waals surface area contributed by atoms with Crippen LogP contribution in [0.4, 0.5) is 0 Å². The molecule has 0 N–H and O–H groups in total. The lowest BCUT2D eigenvalue weighted by atomic mass is 10.1. The Kier molecular flexibility index (Phi) is 4.45. The van der Waals surface area contributed by atoms with Gasteiger partial charge < -0.3 is 9.47 Å². The van der Waals surface area contributed by atoms with Crippen LogP contribution in [0.1, 0.15) is 18.3 Å². The van der Waals surface area contributed by atoms with Gasteiger partial charge in [-0.3, -0.25) is 0 Å². The van der Waals surface area contributed by atoms with Gasteiger partial charge in [-0.05, 0) is 19.1 Å². The van der Waals surface area contributed by atoms with Gasteiger partial charge in [0.05, 0.1) is 25.5 Å². The molecule has 0 unspecified atom stereocenters. The molecule has 1 aromatic carbocycles. The van der Waals surface area contributed by atoms with Crippen LogP contribution < -0.4 is 9.47 Å². The molecule has 0 aliphatic carbocycles. The maximum atomic E-state index is 6.21. The van der Waals surface area contributed by atoms with E-state index in [-0.39, 0.29) is 0 Å². The number of methoxy groups -OCH3 is 2. The molecule has 0 spiro atoms. The van der Waals surface area contributed by atoms with E-state index in [4.69, 9.17) is 21.1 Å². The van der Waals surface area contributed by atoms with Crippen LogP contribution in [-0.2, 0) is 6.42 Å². The first kappa shape index (κ1) is 14.6. The van der Waals surface area contributed by atoms with Gasteiger partial charge >= 0.3 is 0 Å². The van der Waals surface area contributed by atoms with E-state index in [1.807, 2.05) is 32.0 Å². The number of rotatable bonds is 4. The van der Waals surface area contributed by atoms with E-state index < -0.39 is 0 Å².